The zero-order valence-corrected chi connectivity index (χ0v) is 10.9. The van der Waals surface area contributed by atoms with Crippen molar-refractivity contribution in [3.8, 4) is 0 Å². The van der Waals surface area contributed by atoms with Gasteiger partial charge in [0.15, 0.2) is 4.96 Å². The second kappa shape index (κ2) is 4.93. The van der Waals surface area contributed by atoms with E-state index < -0.39 is 0 Å². The summed E-state index contributed by atoms with van der Waals surface area (Å²) in [7, 11) is 0. The van der Waals surface area contributed by atoms with Crippen molar-refractivity contribution in [3.05, 3.63) is 59.1 Å². The van der Waals surface area contributed by atoms with E-state index >= 15 is 0 Å². The number of rotatable bonds is 4. The maximum absolute atomic E-state index is 13.4. The van der Waals surface area contributed by atoms with E-state index in [9.17, 15) is 9.18 Å². The zero-order chi connectivity index (χ0) is 13.2. The first-order valence-corrected chi connectivity index (χ1v) is 6.76. The fourth-order valence-corrected chi connectivity index (χ4v) is 2.70. The van der Waals surface area contributed by atoms with Gasteiger partial charge in [-0.25, -0.2) is 9.37 Å². The van der Waals surface area contributed by atoms with Crippen molar-refractivity contribution in [2.24, 2.45) is 0 Å². The minimum absolute atomic E-state index is 0.0316. The third-order valence-corrected chi connectivity index (χ3v) is 3.64. The quantitative estimate of drug-likeness (QED) is 0.733. The van der Waals surface area contributed by atoms with Gasteiger partial charge in [-0.2, -0.15) is 0 Å². The molecule has 0 aliphatic carbocycles. The molecule has 0 spiro atoms. The lowest BCUT2D eigenvalue weighted by Gasteiger charge is -2.01. The maximum atomic E-state index is 13.4. The lowest BCUT2D eigenvalue weighted by molar-refractivity contribution is -0.117. The molecule has 0 saturated heterocycles. The van der Waals surface area contributed by atoms with Crippen LogP contribution in [0.3, 0.4) is 0 Å². The third-order valence-electron chi connectivity index (χ3n) is 2.87. The highest BCUT2D eigenvalue weighted by atomic mass is 32.1. The number of thiazole rings is 1. The first-order valence-electron chi connectivity index (χ1n) is 5.88. The number of ketones is 1. The summed E-state index contributed by atoms with van der Waals surface area (Å²) >= 11 is 1.52. The monoisotopic (exact) mass is 274 g/mol. The van der Waals surface area contributed by atoms with Gasteiger partial charge >= 0.3 is 0 Å². The number of halogens is 1. The molecule has 3 nitrogen and oxygen atoms in total. The Morgan fingerprint density at radius 2 is 2.16 bits per heavy atom. The highest BCUT2D eigenvalue weighted by Gasteiger charge is 2.11. The Labute approximate surface area is 113 Å². The maximum Gasteiger partial charge on any atom is 0.193 e. The smallest absolute Gasteiger partial charge is 0.193 e. The van der Waals surface area contributed by atoms with Crippen LogP contribution in [0, 0.1) is 5.82 Å². The van der Waals surface area contributed by atoms with E-state index in [-0.39, 0.29) is 24.4 Å². The van der Waals surface area contributed by atoms with Gasteiger partial charge < -0.3 is 0 Å². The number of aromatic nitrogens is 2. The van der Waals surface area contributed by atoms with E-state index in [2.05, 4.69) is 4.98 Å². The van der Waals surface area contributed by atoms with Crippen LogP contribution >= 0.6 is 11.3 Å². The normalized spacial score (nSPS) is 11.0. The van der Waals surface area contributed by atoms with Crippen LogP contribution in [0.2, 0.25) is 0 Å². The minimum atomic E-state index is -0.332. The number of carbonyl (C=O) groups is 1. The van der Waals surface area contributed by atoms with E-state index in [1.165, 1.54) is 17.4 Å². The molecular weight excluding hydrogens is 263 g/mol. The molecule has 0 aliphatic rings. The molecule has 0 unspecified atom stereocenters. The molecule has 0 radical (unpaired) electrons. The van der Waals surface area contributed by atoms with Gasteiger partial charge in [0.1, 0.15) is 11.6 Å². The van der Waals surface area contributed by atoms with Crippen molar-refractivity contribution in [2.45, 2.75) is 12.8 Å². The van der Waals surface area contributed by atoms with Crippen molar-refractivity contribution >= 4 is 22.1 Å². The molecule has 2 heterocycles. The van der Waals surface area contributed by atoms with Gasteiger partial charge in [0, 0.05) is 24.2 Å². The predicted molar refractivity (Wildman–Crippen MR) is 71.9 cm³/mol. The molecule has 0 atom stereocenters. The molecule has 1 aromatic carbocycles. The Morgan fingerprint density at radius 3 is 2.95 bits per heavy atom. The zero-order valence-electron chi connectivity index (χ0n) is 10.0. The number of hydrogen-bond donors (Lipinski definition) is 0. The van der Waals surface area contributed by atoms with E-state index in [4.69, 9.17) is 0 Å². The van der Waals surface area contributed by atoms with Gasteiger partial charge in [-0.15, -0.1) is 11.3 Å². The molecule has 3 aromatic rings. The van der Waals surface area contributed by atoms with E-state index in [0.29, 0.717) is 5.56 Å². The highest BCUT2D eigenvalue weighted by molar-refractivity contribution is 7.15. The fraction of sp³-hybridized carbons (Fsp3) is 0.143. The molecule has 0 fully saturated rings. The summed E-state index contributed by atoms with van der Waals surface area (Å²) in [4.78, 5) is 17.1. The number of hydrogen-bond acceptors (Lipinski definition) is 3. The van der Waals surface area contributed by atoms with Crippen molar-refractivity contribution in [1.82, 2.24) is 9.38 Å². The second-order valence-corrected chi connectivity index (χ2v) is 5.18. The lowest BCUT2D eigenvalue weighted by Crippen LogP contribution is -2.08. The first-order chi connectivity index (χ1) is 9.22. The lowest BCUT2D eigenvalue weighted by atomic mass is 10.1. The summed E-state index contributed by atoms with van der Waals surface area (Å²) in [5.74, 6) is -0.363. The summed E-state index contributed by atoms with van der Waals surface area (Å²) < 4.78 is 15.3. The van der Waals surface area contributed by atoms with Crippen LogP contribution in [0.4, 0.5) is 4.39 Å². The number of nitrogens with zero attached hydrogens (tertiary/aromatic N) is 2. The SMILES string of the molecule is O=C(Cc1cn2ccsc2n1)Cc1ccccc1F. The number of carbonyl (C=O) groups excluding carboxylic acids is 1. The molecule has 19 heavy (non-hydrogen) atoms. The Bertz CT molecular complexity index is 703. The molecule has 5 heteroatoms. The average molecular weight is 274 g/mol. The molecule has 0 bridgehead atoms. The van der Waals surface area contributed by atoms with E-state index in [1.807, 2.05) is 22.2 Å². The van der Waals surface area contributed by atoms with Gasteiger partial charge in [-0.3, -0.25) is 9.20 Å². The van der Waals surface area contributed by atoms with Crippen LogP contribution in [0.5, 0.6) is 0 Å². The summed E-state index contributed by atoms with van der Waals surface area (Å²) in [5, 5.41) is 1.94. The molecule has 0 saturated carbocycles. The molecule has 3 rings (SSSR count). The van der Waals surface area contributed by atoms with Crippen LogP contribution in [0.1, 0.15) is 11.3 Å². The van der Waals surface area contributed by atoms with Crippen LogP contribution < -0.4 is 0 Å². The van der Waals surface area contributed by atoms with Gasteiger partial charge in [-0.05, 0) is 11.6 Å². The summed E-state index contributed by atoms with van der Waals surface area (Å²) in [6, 6.07) is 6.36. The van der Waals surface area contributed by atoms with Crippen molar-refractivity contribution in [3.63, 3.8) is 0 Å². The highest BCUT2D eigenvalue weighted by Crippen LogP contribution is 2.13. The van der Waals surface area contributed by atoms with Gasteiger partial charge in [0.05, 0.1) is 12.1 Å². The molecule has 0 aliphatic heterocycles. The number of imidazole rings is 1. The van der Waals surface area contributed by atoms with Gasteiger partial charge in [-0.1, -0.05) is 18.2 Å². The minimum Gasteiger partial charge on any atom is -0.299 e. The van der Waals surface area contributed by atoms with Crippen molar-refractivity contribution in [2.75, 3.05) is 0 Å². The molecule has 0 N–H and O–H groups in total. The predicted octanol–water partition coefficient (Wildman–Crippen LogP) is 2.89. The Hall–Kier alpha value is -2.01. The van der Waals surface area contributed by atoms with E-state index in [1.54, 1.807) is 18.2 Å². The molecular formula is C14H11FN2OS. The summed E-state index contributed by atoms with van der Waals surface area (Å²) in [6.45, 7) is 0. The van der Waals surface area contributed by atoms with Crippen molar-refractivity contribution in [1.29, 1.82) is 0 Å². The van der Waals surface area contributed by atoms with Crippen LogP contribution in [0.25, 0.3) is 4.96 Å². The fourth-order valence-electron chi connectivity index (χ4n) is 1.98. The molecule has 96 valence electrons. The van der Waals surface area contributed by atoms with Crippen LogP contribution in [-0.4, -0.2) is 15.2 Å². The van der Waals surface area contributed by atoms with Crippen molar-refractivity contribution < 1.29 is 9.18 Å². The van der Waals surface area contributed by atoms with Gasteiger partial charge in [0.2, 0.25) is 0 Å². The van der Waals surface area contributed by atoms with Gasteiger partial charge in [0.25, 0.3) is 0 Å². The van der Waals surface area contributed by atoms with Crippen LogP contribution in [-0.2, 0) is 17.6 Å². The Kier molecular flexibility index (Phi) is 3.13. The summed E-state index contributed by atoms with van der Waals surface area (Å²) in [5.41, 5.74) is 1.17. The second-order valence-electron chi connectivity index (χ2n) is 4.31. The van der Waals surface area contributed by atoms with E-state index in [0.717, 1.165) is 10.7 Å². The summed E-state index contributed by atoms with van der Waals surface area (Å²) in [6.07, 6.45) is 4.09. The average Bonchev–Trinajstić information content (AvgIpc) is 2.92. The number of benzene rings is 1. The number of Topliss-reactive ketones (excluding diaryl/α,β-unsaturated/α-hetero) is 1. The largest absolute Gasteiger partial charge is 0.299 e. The molecule has 2 aromatic heterocycles. The third kappa shape index (κ3) is 2.56. The van der Waals surface area contributed by atoms with Crippen LogP contribution in [0.15, 0.2) is 42.0 Å². The first kappa shape index (κ1) is 12.0. The Balaban J connectivity index is 1.72. The molecule has 0 amide bonds. The Morgan fingerprint density at radius 1 is 1.32 bits per heavy atom. The topological polar surface area (TPSA) is 34.4 Å². The standard InChI is InChI=1S/C14H11FN2OS/c15-13-4-2-1-3-10(13)7-12(18)8-11-9-17-5-6-19-14(17)16-11/h1-6,9H,7-8H2. The number of fused-ring (bicyclic) bond motifs is 1.